The van der Waals surface area contributed by atoms with Crippen LogP contribution in [0, 0.1) is 11.6 Å². The largest absolute Gasteiger partial charge is 0.478 e. The van der Waals surface area contributed by atoms with Gasteiger partial charge in [0, 0.05) is 5.56 Å². The first-order valence-corrected chi connectivity index (χ1v) is 7.70. The standard InChI is InChI=1S/C17H9ClF2N4O3/c18-10-2-1-8(17(26)27)3-9(10)13-6-23-14(7-22-13)24-16(25)15-11(19)4-21-5-12(15)20/h1-7H,(H,26,27)(H,23,24,25). The SMILES string of the molecule is O=C(O)c1ccc(Cl)c(-c2cnc(NC(=O)c3c(F)cncc3F)cn2)c1. The average Bonchev–Trinajstić information content (AvgIpc) is 2.62. The summed E-state index contributed by atoms with van der Waals surface area (Å²) in [4.78, 5) is 34.4. The first-order valence-electron chi connectivity index (χ1n) is 7.32. The fourth-order valence-electron chi connectivity index (χ4n) is 2.19. The highest BCUT2D eigenvalue weighted by Gasteiger charge is 2.18. The third-order valence-corrected chi connectivity index (χ3v) is 3.79. The fourth-order valence-corrected chi connectivity index (χ4v) is 2.41. The van der Waals surface area contributed by atoms with E-state index in [-0.39, 0.29) is 22.1 Å². The Morgan fingerprint density at radius 1 is 1.04 bits per heavy atom. The number of carbonyl (C=O) groups excluding carboxylic acids is 1. The van der Waals surface area contributed by atoms with Gasteiger partial charge in [-0.2, -0.15) is 0 Å². The van der Waals surface area contributed by atoms with Crippen molar-refractivity contribution in [2.45, 2.75) is 0 Å². The molecule has 0 radical (unpaired) electrons. The zero-order valence-corrected chi connectivity index (χ0v) is 14.0. The molecule has 10 heteroatoms. The predicted octanol–water partition coefficient (Wildman–Crippen LogP) is 3.42. The number of benzene rings is 1. The number of aromatic nitrogens is 3. The van der Waals surface area contributed by atoms with E-state index in [9.17, 15) is 18.4 Å². The lowest BCUT2D eigenvalue weighted by Crippen LogP contribution is -2.17. The quantitative estimate of drug-likeness (QED) is 0.707. The molecule has 1 amide bonds. The molecular weight excluding hydrogens is 382 g/mol. The number of halogens is 3. The van der Waals surface area contributed by atoms with Crippen LogP contribution in [0.5, 0.6) is 0 Å². The second kappa shape index (κ2) is 7.42. The number of rotatable bonds is 4. The zero-order valence-electron chi connectivity index (χ0n) is 13.3. The molecule has 2 heterocycles. The molecule has 3 aromatic rings. The number of amides is 1. The monoisotopic (exact) mass is 390 g/mol. The van der Waals surface area contributed by atoms with E-state index in [1.54, 1.807) is 0 Å². The van der Waals surface area contributed by atoms with E-state index in [1.165, 1.54) is 24.4 Å². The van der Waals surface area contributed by atoms with Crippen LogP contribution in [0.2, 0.25) is 5.02 Å². The third kappa shape index (κ3) is 3.87. The van der Waals surface area contributed by atoms with Crippen molar-refractivity contribution in [2.75, 3.05) is 5.32 Å². The summed E-state index contributed by atoms with van der Waals surface area (Å²) in [6, 6.07) is 4.08. The van der Waals surface area contributed by atoms with Crippen molar-refractivity contribution in [1.82, 2.24) is 15.0 Å². The summed E-state index contributed by atoms with van der Waals surface area (Å²) < 4.78 is 27.1. The van der Waals surface area contributed by atoms with Crippen molar-refractivity contribution in [3.8, 4) is 11.3 Å². The van der Waals surface area contributed by atoms with Gasteiger partial charge in [-0.25, -0.2) is 18.6 Å². The topological polar surface area (TPSA) is 105 Å². The molecule has 2 N–H and O–H groups in total. The third-order valence-electron chi connectivity index (χ3n) is 3.46. The molecule has 0 fully saturated rings. The summed E-state index contributed by atoms with van der Waals surface area (Å²) >= 11 is 6.05. The number of pyridine rings is 1. The number of carbonyl (C=O) groups is 2. The molecule has 3 rings (SSSR count). The van der Waals surface area contributed by atoms with Gasteiger partial charge >= 0.3 is 5.97 Å². The Kier molecular flexibility index (Phi) is 5.04. The number of carboxylic acid groups (broad SMARTS) is 1. The van der Waals surface area contributed by atoms with Crippen molar-refractivity contribution < 1.29 is 23.5 Å². The van der Waals surface area contributed by atoms with E-state index in [0.717, 1.165) is 6.20 Å². The van der Waals surface area contributed by atoms with Crippen LogP contribution in [0.25, 0.3) is 11.3 Å². The lowest BCUT2D eigenvalue weighted by molar-refractivity contribution is 0.0696. The van der Waals surface area contributed by atoms with Crippen molar-refractivity contribution in [1.29, 1.82) is 0 Å². The van der Waals surface area contributed by atoms with Gasteiger partial charge in [0.2, 0.25) is 0 Å². The number of hydrogen-bond donors (Lipinski definition) is 2. The molecule has 0 spiro atoms. The van der Waals surface area contributed by atoms with Gasteiger partial charge < -0.3 is 10.4 Å². The van der Waals surface area contributed by atoms with Crippen molar-refractivity contribution in [2.24, 2.45) is 0 Å². The normalized spacial score (nSPS) is 10.5. The summed E-state index contributed by atoms with van der Waals surface area (Å²) in [6.07, 6.45) is 3.81. The van der Waals surface area contributed by atoms with Crippen LogP contribution >= 0.6 is 11.6 Å². The van der Waals surface area contributed by atoms with Crippen LogP contribution in [0.3, 0.4) is 0 Å². The molecule has 0 saturated heterocycles. The van der Waals surface area contributed by atoms with Gasteiger partial charge in [0.05, 0.1) is 41.1 Å². The summed E-state index contributed by atoms with van der Waals surface area (Å²) in [5.41, 5.74) is -0.208. The molecule has 136 valence electrons. The Balaban J connectivity index is 1.85. The van der Waals surface area contributed by atoms with Gasteiger partial charge in [-0.05, 0) is 18.2 Å². The Bertz CT molecular complexity index is 1020. The number of nitrogens with zero attached hydrogens (tertiary/aromatic N) is 3. The highest BCUT2D eigenvalue weighted by atomic mass is 35.5. The molecular formula is C17H9ClF2N4O3. The molecule has 0 unspecified atom stereocenters. The van der Waals surface area contributed by atoms with Gasteiger partial charge in [0.1, 0.15) is 5.56 Å². The van der Waals surface area contributed by atoms with Crippen LogP contribution in [-0.4, -0.2) is 31.9 Å². The second-order valence-electron chi connectivity index (χ2n) is 5.22. The maximum atomic E-state index is 13.6. The van der Waals surface area contributed by atoms with E-state index in [1.807, 2.05) is 0 Å². The Hall–Kier alpha value is -3.46. The van der Waals surface area contributed by atoms with Gasteiger partial charge in [-0.3, -0.25) is 14.8 Å². The maximum Gasteiger partial charge on any atom is 0.335 e. The van der Waals surface area contributed by atoms with E-state index < -0.39 is 29.1 Å². The maximum absolute atomic E-state index is 13.6. The van der Waals surface area contributed by atoms with E-state index in [2.05, 4.69) is 20.3 Å². The molecule has 0 aliphatic carbocycles. The average molecular weight is 391 g/mol. The van der Waals surface area contributed by atoms with E-state index >= 15 is 0 Å². The molecule has 7 nitrogen and oxygen atoms in total. The summed E-state index contributed by atoms with van der Waals surface area (Å²) in [5.74, 6) is -4.49. The Labute approximate surface area is 155 Å². The lowest BCUT2D eigenvalue weighted by atomic mass is 10.1. The highest BCUT2D eigenvalue weighted by molar-refractivity contribution is 6.33. The van der Waals surface area contributed by atoms with E-state index in [0.29, 0.717) is 18.0 Å². The molecule has 0 saturated carbocycles. The Morgan fingerprint density at radius 3 is 2.33 bits per heavy atom. The number of nitrogens with one attached hydrogen (secondary N) is 1. The smallest absolute Gasteiger partial charge is 0.335 e. The molecule has 0 aliphatic rings. The van der Waals surface area contributed by atoms with Crippen molar-refractivity contribution >= 4 is 29.3 Å². The van der Waals surface area contributed by atoms with Crippen LogP contribution in [0.1, 0.15) is 20.7 Å². The molecule has 2 aromatic heterocycles. The van der Waals surface area contributed by atoms with E-state index in [4.69, 9.17) is 16.7 Å². The molecule has 0 atom stereocenters. The fraction of sp³-hybridized carbons (Fsp3) is 0. The van der Waals surface area contributed by atoms with Crippen LogP contribution < -0.4 is 5.32 Å². The van der Waals surface area contributed by atoms with Crippen molar-refractivity contribution in [3.05, 3.63) is 70.8 Å². The minimum Gasteiger partial charge on any atom is -0.478 e. The first-order chi connectivity index (χ1) is 12.9. The predicted molar refractivity (Wildman–Crippen MR) is 91.5 cm³/mol. The molecule has 0 bridgehead atoms. The Morgan fingerprint density at radius 2 is 1.74 bits per heavy atom. The highest BCUT2D eigenvalue weighted by Crippen LogP contribution is 2.27. The van der Waals surface area contributed by atoms with Crippen LogP contribution in [-0.2, 0) is 0 Å². The first kappa shape index (κ1) is 18.3. The number of carboxylic acids is 1. The minimum absolute atomic E-state index is 0.0113. The van der Waals surface area contributed by atoms with Crippen LogP contribution in [0.4, 0.5) is 14.6 Å². The number of anilines is 1. The van der Waals surface area contributed by atoms with Gasteiger partial charge in [0.25, 0.3) is 5.91 Å². The summed E-state index contributed by atoms with van der Waals surface area (Å²) in [5, 5.41) is 11.5. The second-order valence-corrected chi connectivity index (χ2v) is 5.63. The molecule has 1 aromatic carbocycles. The van der Waals surface area contributed by atoms with Crippen molar-refractivity contribution in [3.63, 3.8) is 0 Å². The number of hydrogen-bond acceptors (Lipinski definition) is 5. The zero-order chi connectivity index (χ0) is 19.6. The lowest BCUT2D eigenvalue weighted by Gasteiger charge is -2.08. The minimum atomic E-state index is -1.13. The number of aromatic carboxylic acids is 1. The summed E-state index contributed by atoms with van der Waals surface area (Å²) in [7, 11) is 0. The molecule has 0 aliphatic heterocycles. The van der Waals surface area contributed by atoms with Gasteiger partial charge in [-0.1, -0.05) is 11.6 Å². The van der Waals surface area contributed by atoms with Gasteiger partial charge in [0.15, 0.2) is 17.5 Å². The van der Waals surface area contributed by atoms with Gasteiger partial charge in [-0.15, -0.1) is 0 Å². The van der Waals surface area contributed by atoms with Crippen LogP contribution in [0.15, 0.2) is 43.0 Å². The molecule has 27 heavy (non-hydrogen) atoms. The summed E-state index contributed by atoms with van der Waals surface area (Å²) in [6.45, 7) is 0.